The largest absolute Gasteiger partial charge is 0.487 e. The number of hydrogen-bond acceptors (Lipinski definition) is 5. The molecule has 1 aliphatic rings. The highest BCUT2D eigenvalue weighted by Crippen LogP contribution is 2.46. The molecule has 0 spiro atoms. The van der Waals surface area contributed by atoms with Crippen LogP contribution >= 0.6 is 11.3 Å². The van der Waals surface area contributed by atoms with Crippen LogP contribution in [0, 0.1) is 5.41 Å². The number of thiophene rings is 1. The van der Waals surface area contributed by atoms with Gasteiger partial charge in [-0.05, 0) is 12.8 Å². The molecule has 2 rings (SSSR count). The summed E-state index contributed by atoms with van der Waals surface area (Å²) in [5.74, 6) is 0.937. The van der Waals surface area contributed by atoms with Gasteiger partial charge < -0.3 is 9.47 Å². The molecule has 0 amide bonds. The molecule has 0 atom stereocenters. The fourth-order valence-corrected chi connectivity index (χ4v) is 4.44. The SMILES string of the molecule is CCCCCCC1(CCCCCC)COc2c(C=O)sc(C=O)c2OC1. The smallest absolute Gasteiger partial charge is 0.183 e. The van der Waals surface area contributed by atoms with Crippen molar-refractivity contribution in [1.29, 1.82) is 0 Å². The van der Waals surface area contributed by atoms with Crippen molar-refractivity contribution in [3.8, 4) is 11.5 Å². The van der Waals surface area contributed by atoms with E-state index in [9.17, 15) is 9.59 Å². The molecule has 4 nitrogen and oxygen atoms in total. The summed E-state index contributed by atoms with van der Waals surface area (Å²) >= 11 is 1.15. The van der Waals surface area contributed by atoms with E-state index in [4.69, 9.17) is 9.47 Å². The zero-order valence-electron chi connectivity index (χ0n) is 16.2. The summed E-state index contributed by atoms with van der Waals surface area (Å²) in [7, 11) is 0. The lowest BCUT2D eigenvalue weighted by molar-refractivity contribution is 0.0776. The standard InChI is InChI=1S/C21H32O4S/c1-3-5-7-9-11-21(12-10-8-6-4-2)15-24-19-17(13-22)26-18(14-23)20(19)25-16-21/h13-14H,3-12,15-16H2,1-2H3. The predicted octanol–water partition coefficient (Wildman–Crippen LogP) is 6.07. The van der Waals surface area contributed by atoms with Gasteiger partial charge in [-0.15, -0.1) is 11.3 Å². The monoisotopic (exact) mass is 380 g/mol. The van der Waals surface area contributed by atoms with Crippen LogP contribution in [0.15, 0.2) is 0 Å². The Morgan fingerprint density at radius 1 is 0.808 bits per heavy atom. The van der Waals surface area contributed by atoms with Gasteiger partial charge in [0.15, 0.2) is 24.1 Å². The molecule has 146 valence electrons. The summed E-state index contributed by atoms with van der Waals surface area (Å²) in [6.45, 7) is 5.57. The third-order valence-corrected chi connectivity index (χ3v) is 6.26. The lowest BCUT2D eigenvalue weighted by Gasteiger charge is -2.31. The van der Waals surface area contributed by atoms with Crippen molar-refractivity contribution < 1.29 is 19.1 Å². The Morgan fingerprint density at radius 2 is 1.27 bits per heavy atom. The van der Waals surface area contributed by atoms with Gasteiger partial charge >= 0.3 is 0 Å². The molecule has 0 fully saturated rings. The predicted molar refractivity (Wildman–Crippen MR) is 106 cm³/mol. The molecular formula is C21H32O4S. The maximum Gasteiger partial charge on any atom is 0.183 e. The van der Waals surface area contributed by atoms with E-state index in [0.29, 0.717) is 34.5 Å². The van der Waals surface area contributed by atoms with Crippen LogP contribution in [0.4, 0.5) is 0 Å². The van der Waals surface area contributed by atoms with Crippen molar-refractivity contribution in [1.82, 2.24) is 0 Å². The van der Waals surface area contributed by atoms with Crippen LogP contribution in [-0.2, 0) is 0 Å². The average molecular weight is 381 g/mol. The quantitative estimate of drug-likeness (QED) is 0.326. The highest BCUT2D eigenvalue weighted by atomic mass is 32.1. The van der Waals surface area contributed by atoms with Gasteiger partial charge in [0.1, 0.15) is 9.75 Å². The number of ether oxygens (including phenoxy) is 2. The number of rotatable bonds is 12. The maximum atomic E-state index is 11.3. The number of fused-ring (bicyclic) bond motifs is 1. The van der Waals surface area contributed by atoms with Crippen molar-refractivity contribution >= 4 is 23.9 Å². The lowest BCUT2D eigenvalue weighted by Crippen LogP contribution is -2.34. The minimum absolute atomic E-state index is 0.0293. The van der Waals surface area contributed by atoms with E-state index in [1.54, 1.807) is 0 Å². The van der Waals surface area contributed by atoms with Crippen LogP contribution in [0.25, 0.3) is 0 Å². The number of hydrogen-bond donors (Lipinski definition) is 0. The van der Waals surface area contributed by atoms with Crippen LogP contribution in [0.3, 0.4) is 0 Å². The van der Waals surface area contributed by atoms with Crippen LogP contribution < -0.4 is 9.47 Å². The van der Waals surface area contributed by atoms with Crippen LogP contribution in [0.1, 0.15) is 97.4 Å². The first kappa shape index (κ1) is 20.9. The molecule has 2 heterocycles. The van der Waals surface area contributed by atoms with Crippen LogP contribution in [0.2, 0.25) is 0 Å². The molecule has 0 aliphatic carbocycles. The van der Waals surface area contributed by atoms with Gasteiger partial charge in [0, 0.05) is 5.41 Å². The second-order valence-electron chi connectivity index (χ2n) is 7.42. The molecule has 0 bridgehead atoms. The second-order valence-corrected chi connectivity index (χ2v) is 8.51. The lowest BCUT2D eigenvalue weighted by atomic mass is 9.79. The Hall–Kier alpha value is -1.36. The Balaban J connectivity index is 2.11. The zero-order chi connectivity index (χ0) is 18.8. The van der Waals surface area contributed by atoms with E-state index in [1.165, 1.54) is 51.4 Å². The summed E-state index contributed by atoms with van der Waals surface area (Å²) in [4.78, 5) is 23.6. The van der Waals surface area contributed by atoms with Crippen LogP contribution in [-0.4, -0.2) is 25.8 Å². The van der Waals surface area contributed by atoms with E-state index in [1.807, 2.05) is 0 Å². The third-order valence-electron chi connectivity index (χ3n) is 5.25. The van der Waals surface area contributed by atoms with Crippen molar-refractivity contribution in [2.75, 3.05) is 13.2 Å². The van der Waals surface area contributed by atoms with E-state index in [2.05, 4.69) is 13.8 Å². The normalized spacial score (nSPS) is 15.5. The highest BCUT2D eigenvalue weighted by molar-refractivity contribution is 7.16. The summed E-state index contributed by atoms with van der Waals surface area (Å²) in [6, 6.07) is 0. The van der Waals surface area contributed by atoms with E-state index < -0.39 is 0 Å². The van der Waals surface area contributed by atoms with Crippen molar-refractivity contribution in [2.24, 2.45) is 5.41 Å². The van der Waals surface area contributed by atoms with Crippen molar-refractivity contribution in [3.05, 3.63) is 9.75 Å². The molecule has 1 aromatic rings. The summed E-state index contributed by atoms with van der Waals surface area (Å²) < 4.78 is 12.2. The van der Waals surface area contributed by atoms with Gasteiger partial charge in [0.05, 0.1) is 13.2 Å². The minimum Gasteiger partial charge on any atom is -0.487 e. The van der Waals surface area contributed by atoms with Gasteiger partial charge in [0.25, 0.3) is 0 Å². The highest BCUT2D eigenvalue weighted by Gasteiger charge is 2.36. The van der Waals surface area contributed by atoms with Gasteiger partial charge in [0.2, 0.25) is 0 Å². The topological polar surface area (TPSA) is 52.6 Å². The molecule has 0 saturated carbocycles. The zero-order valence-corrected chi connectivity index (χ0v) is 17.0. The Kier molecular flexibility index (Phi) is 8.63. The first-order chi connectivity index (χ1) is 12.7. The minimum atomic E-state index is -0.0293. The third kappa shape index (κ3) is 5.32. The molecule has 26 heavy (non-hydrogen) atoms. The fraction of sp³-hybridized carbons (Fsp3) is 0.714. The Labute approximate surface area is 161 Å². The molecule has 1 aromatic heterocycles. The fourth-order valence-electron chi connectivity index (χ4n) is 3.62. The molecule has 0 unspecified atom stereocenters. The van der Waals surface area contributed by atoms with E-state index in [0.717, 1.165) is 36.8 Å². The van der Waals surface area contributed by atoms with E-state index in [-0.39, 0.29) is 5.41 Å². The van der Waals surface area contributed by atoms with Gasteiger partial charge in [-0.1, -0.05) is 65.2 Å². The Morgan fingerprint density at radius 3 is 1.65 bits per heavy atom. The van der Waals surface area contributed by atoms with Crippen molar-refractivity contribution in [3.63, 3.8) is 0 Å². The van der Waals surface area contributed by atoms with E-state index >= 15 is 0 Å². The summed E-state index contributed by atoms with van der Waals surface area (Å²) in [5.41, 5.74) is -0.0293. The number of unbranched alkanes of at least 4 members (excludes halogenated alkanes) is 6. The summed E-state index contributed by atoms with van der Waals surface area (Å²) in [5, 5.41) is 0. The Bertz CT molecular complexity index is 530. The summed E-state index contributed by atoms with van der Waals surface area (Å²) in [6.07, 6.45) is 13.4. The van der Waals surface area contributed by atoms with Gasteiger partial charge in [-0.3, -0.25) is 9.59 Å². The molecule has 0 radical (unpaired) electrons. The number of aldehydes is 2. The van der Waals surface area contributed by atoms with Gasteiger partial charge in [-0.2, -0.15) is 0 Å². The van der Waals surface area contributed by atoms with Crippen molar-refractivity contribution in [2.45, 2.75) is 78.1 Å². The molecule has 5 heteroatoms. The molecular weight excluding hydrogens is 348 g/mol. The number of carbonyl (C=O) groups excluding carboxylic acids is 2. The number of carbonyl (C=O) groups is 2. The van der Waals surface area contributed by atoms with Gasteiger partial charge in [-0.25, -0.2) is 0 Å². The first-order valence-electron chi connectivity index (χ1n) is 10.0. The molecule has 1 aliphatic heterocycles. The van der Waals surface area contributed by atoms with Crippen LogP contribution in [0.5, 0.6) is 11.5 Å². The molecule has 0 saturated heterocycles. The first-order valence-corrected chi connectivity index (χ1v) is 10.8. The average Bonchev–Trinajstić information content (AvgIpc) is 2.91. The second kappa shape index (κ2) is 10.7. The molecule has 0 aromatic carbocycles. The maximum absolute atomic E-state index is 11.3. The molecule has 0 N–H and O–H groups in total.